The maximum Gasteiger partial charge on any atom is 0.278 e. The minimum absolute atomic E-state index is 0.283. The van der Waals surface area contributed by atoms with E-state index in [1.807, 2.05) is 23.0 Å². The lowest BCUT2D eigenvalue weighted by molar-refractivity contribution is 0.0992. The molecular weight excluding hydrogens is 500 g/mol. The van der Waals surface area contributed by atoms with Gasteiger partial charge in [-0.1, -0.05) is 0 Å². The van der Waals surface area contributed by atoms with Crippen LogP contribution in [0.1, 0.15) is 55.3 Å². The standard InChI is InChI=1S/C26H28N10O3/c1-13-14(2)33-34-21(13)24(39)32-26-31-18-12-16(23(28)38)6-8-20(18)36(26)10-4-3-9-35-19-7-5-15(22(27)37)11-17(19)30-25(35)29/h5-8,11-12H,3-4,9-10H2,1-2H3,(H2,27,37)(H2,28,38)(H2,29,30)(H,33,34)(H,31,32,39). The normalized spacial score (nSPS) is 11.3. The van der Waals surface area contributed by atoms with E-state index in [4.69, 9.17) is 17.2 Å². The molecule has 8 N–H and O–H groups in total. The zero-order chi connectivity index (χ0) is 27.8. The van der Waals surface area contributed by atoms with Crippen LogP contribution in [0.4, 0.5) is 11.9 Å². The fourth-order valence-corrected chi connectivity index (χ4v) is 4.55. The van der Waals surface area contributed by atoms with Crippen LogP contribution in [0.25, 0.3) is 22.1 Å². The van der Waals surface area contributed by atoms with Crippen molar-refractivity contribution in [3.05, 3.63) is 64.5 Å². The van der Waals surface area contributed by atoms with Crippen molar-refractivity contribution < 1.29 is 14.4 Å². The number of aromatic amines is 1. The molecule has 3 heterocycles. The summed E-state index contributed by atoms with van der Waals surface area (Å²) < 4.78 is 3.78. The first-order chi connectivity index (χ1) is 18.6. The average Bonchev–Trinajstić information content (AvgIpc) is 3.53. The first kappa shape index (κ1) is 25.4. The Labute approximate surface area is 222 Å². The highest BCUT2D eigenvalue weighted by atomic mass is 16.2. The van der Waals surface area contributed by atoms with Crippen LogP contribution in [0, 0.1) is 13.8 Å². The summed E-state index contributed by atoms with van der Waals surface area (Å²) in [5, 5.41) is 9.78. The van der Waals surface area contributed by atoms with Crippen molar-refractivity contribution in [1.82, 2.24) is 29.3 Å². The van der Waals surface area contributed by atoms with Gasteiger partial charge in [0.2, 0.25) is 23.7 Å². The van der Waals surface area contributed by atoms with Gasteiger partial charge in [-0.3, -0.25) is 24.8 Å². The van der Waals surface area contributed by atoms with Crippen molar-refractivity contribution in [1.29, 1.82) is 0 Å². The summed E-state index contributed by atoms with van der Waals surface area (Å²) in [6.07, 6.45) is 1.45. The van der Waals surface area contributed by atoms with Gasteiger partial charge in [0.25, 0.3) is 5.91 Å². The number of aromatic nitrogens is 6. The topological polar surface area (TPSA) is 206 Å². The number of benzene rings is 2. The van der Waals surface area contributed by atoms with Gasteiger partial charge in [-0.15, -0.1) is 0 Å². The molecule has 0 radical (unpaired) electrons. The maximum atomic E-state index is 13.0. The van der Waals surface area contributed by atoms with Crippen molar-refractivity contribution in [3.63, 3.8) is 0 Å². The number of nitrogen functional groups attached to an aromatic ring is 1. The summed E-state index contributed by atoms with van der Waals surface area (Å²) >= 11 is 0. The molecular formula is C26H28N10O3. The van der Waals surface area contributed by atoms with E-state index in [9.17, 15) is 14.4 Å². The molecule has 39 heavy (non-hydrogen) atoms. The van der Waals surface area contributed by atoms with Gasteiger partial charge in [-0.2, -0.15) is 5.10 Å². The summed E-state index contributed by atoms with van der Waals surface area (Å²) in [5.74, 6) is -0.801. The number of anilines is 2. The lowest BCUT2D eigenvalue weighted by atomic mass is 10.2. The van der Waals surface area contributed by atoms with E-state index in [0.29, 0.717) is 53.6 Å². The number of unbranched alkanes of at least 4 members (excludes halogenated alkanes) is 1. The number of hydrogen-bond donors (Lipinski definition) is 5. The molecule has 0 spiro atoms. The van der Waals surface area contributed by atoms with Crippen LogP contribution in [-0.2, 0) is 13.1 Å². The van der Waals surface area contributed by atoms with Crippen LogP contribution in [0.5, 0.6) is 0 Å². The van der Waals surface area contributed by atoms with E-state index >= 15 is 0 Å². The van der Waals surface area contributed by atoms with E-state index in [2.05, 4.69) is 25.5 Å². The minimum atomic E-state index is -0.562. The lowest BCUT2D eigenvalue weighted by Gasteiger charge is -2.11. The number of nitrogens with zero attached hydrogens (tertiary/aromatic N) is 5. The first-order valence-corrected chi connectivity index (χ1v) is 12.3. The molecule has 0 saturated heterocycles. The van der Waals surface area contributed by atoms with Crippen LogP contribution >= 0.6 is 0 Å². The van der Waals surface area contributed by atoms with Crippen LogP contribution in [0.3, 0.4) is 0 Å². The molecule has 0 saturated carbocycles. The van der Waals surface area contributed by atoms with Crippen molar-refractivity contribution in [2.45, 2.75) is 39.8 Å². The molecule has 0 fully saturated rings. The van der Waals surface area contributed by atoms with Gasteiger partial charge in [-0.25, -0.2) is 9.97 Å². The third kappa shape index (κ3) is 4.77. The molecule has 5 aromatic rings. The average molecular weight is 529 g/mol. The largest absolute Gasteiger partial charge is 0.369 e. The monoisotopic (exact) mass is 528 g/mol. The number of fused-ring (bicyclic) bond motifs is 2. The van der Waals surface area contributed by atoms with Crippen LogP contribution in [-0.4, -0.2) is 47.0 Å². The van der Waals surface area contributed by atoms with E-state index in [0.717, 1.165) is 28.7 Å². The molecule has 2 aromatic carbocycles. The summed E-state index contributed by atoms with van der Waals surface area (Å²) in [7, 11) is 0. The second-order valence-corrected chi connectivity index (χ2v) is 9.33. The smallest absolute Gasteiger partial charge is 0.278 e. The number of carbonyl (C=O) groups excluding carboxylic acids is 3. The number of imidazole rings is 2. The number of carbonyl (C=O) groups is 3. The molecule has 0 aliphatic rings. The predicted octanol–water partition coefficient (Wildman–Crippen LogP) is 2.24. The Kier molecular flexibility index (Phi) is 6.48. The molecule has 13 nitrogen and oxygen atoms in total. The Hall–Kier alpha value is -5.20. The predicted molar refractivity (Wildman–Crippen MR) is 146 cm³/mol. The van der Waals surface area contributed by atoms with E-state index in [-0.39, 0.29) is 5.69 Å². The van der Waals surface area contributed by atoms with Crippen molar-refractivity contribution in [2.24, 2.45) is 11.5 Å². The Morgan fingerprint density at radius 3 is 2.00 bits per heavy atom. The maximum absolute atomic E-state index is 13.0. The van der Waals surface area contributed by atoms with Crippen LogP contribution in [0.2, 0.25) is 0 Å². The molecule has 13 heteroatoms. The number of hydrogen-bond acceptors (Lipinski definition) is 7. The molecule has 3 amide bonds. The quantitative estimate of drug-likeness (QED) is 0.180. The van der Waals surface area contributed by atoms with Gasteiger partial charge in [0.15, 0.2) is 5.69 Å². The SMILES string of the molecule is Cc1[nH]nc(C(=O)Nc2nc3cc(C(N)=O)ccc3n2CCCCn2c(N)nc3cc(C(N)=O)ccc32)c1C. The molecule has 200 valence electrons. The lowest BCUT2D eigenvalue weighted by Crippen LogP contribution is -2.17. The zero-order valence-electron chi connectivity index (χ0n) is 21.5. The molecule has 0 aliphatic heterocycles. The van der Waals surface area contributed by atoms with Gasteiger partial charge in [-0.05, 0) is 63.1 Å². The van der Waals surface area contributed by atoms with Crippen LogP contribution < -0.4 is 22.5 Å². The molecule has 0 atom stereocenters. The first-order valence-electron chi connectivity index (χ1n) is 12.3. The Morgan fingerprint density at radius 2 is 1.44 bits per heavy atom. The van der Waals surface area contributed by atoms with E-state index in [1.165, 1.54) is 0 Å². The van der Waals surface area contributed by atoms with E-state index < -0.39 is 17.7 Å². The number of nitrogens with two attached hydrogens (primary N) is 3. The van der Waals surface area contributed by atoms with E-state index in [1.54, 1.807) is 36.4 Å². The summed E-state index contributed by atoms with van der Waals surface area (Å²) in [6.45, 7) is 4.77. The number of aryl methyl sites for hydroxylation is 3. The molecule has 3 aromatic heterocycles. The third-order valence-electron chi connectivity index (χ3n) is 6.80. The number of H-pyrrole nitrogens is 1. The van der Waals surface area contributed by atoms with Gasteiger partial charge in [0, 0.05) is 35.5 Å². The second kappa shape index (κ2) is 9.93. The van der Waals surface area contributed by atoms with Gasteiger partial charge < -0.3 is 26.3 Å². The fraction of sp³-hybridized carbons (Fsp3) is 0.231. The Balaban J connectivity index is 1.37. The Bertz CT molecular complexity index is 1760. The molecule has 0 unspecified atom stereocenters. The van der Waals surface area contributed by atoms with Crippen molar-refractivity contribution in [2.75, 3.05) is 11.1 Å². The number of amides is 3. The van der Waals surface area contributed by atoms with Gasteiger partial charge in [0.1, 0.15) is 0 Å². The second-order valence-electron chi connectivity index (χ2n) is 9.33. The summed E-state index contributed by atoms with van der Waals surface area (Å²) in [6, 6.07) is 10.1. The summed E-state index contributed by atoms with van der Waals surface area (Å²) in [4.78, 5) is 45.1. The number of rotatable bonds is 9. The zero-order valence-corrected chi connectivity index (χ0v) is 21.5. The highest BCUT2D eigenvalue weighted by Gasteiger charge is 2.19. The van der Waals surface area contributed by atoms with Crippen molar-refractivity contribution >= 4 is 51.7 Å². The van der Waals surface area contributed by atoms with Gasteiger partial charge >= 0.3 is 0 Å². The van der Waals surface area contributed by atoms with Gasteiger partial charge in [0.05, 0.1) is 22.1 Å². The minimum Gasteiger partial charge on any atom is -0.369 e. The van der Waals surface area contributed by atoms with Crippen molar-refractivity contribution in [3.8, 4) is 0 Å². The molecule has 5 rings (SSSR count). The third-order valence-corrected chi connectivity index (χ3v) is 6.80. The van der Waals surface area contributed by atoms with Crippen LogP contribution in [0.15, 0.2) is 36.4 Å². The molecule has 0 aliphatic carbocycles. The summed E-state index contributed by atoms with van der Waals surface area (Å²) in [5.41, 5.74) is 22.2. The Morgan fingerprint density at radius 1 is 0.872 bits per heavy atom. The number of nitrogens with one attached hydrogen (secondary N) is 2. The highest BCUT2D eigenvalue weighted by Crippen LogP contribution is 2.24. The highest BCUT2D eigenvalue weighted by molar-refractivity contribution is 6.04. The number of primary amides is 2. The molecule has 0 bridgehead atoms. The fourth-order valence-electron chi connectivity index (χ4n) is 4.55.